The SMILES string of the molecule is CC#CCC(=O)OCCO. The molecule has 0 saturated carbocycles. The molecule has 0 aromatic carbocycles. The van der Waals surface area contributed by atoms with E-state index in [0.29, 0.717) is 0 Å². The van der Waals surface area contributed by atoms with E-state index in [4.69, 9.17) is 5.11 Å². The van der Waals surface area contributed by atoms with E-state index in [1.165, 1.54) is 0 Å². The third-order valence-corrected chi connectivity index (χ3v) is 0.764. The summed E-state index contributed by atoms with van der Waals surface area (Å²) in [6.45, 7) is 1.58. The van der Waals surface area contributed by atoms with Gasteiger partial charge in [-0.1, -0.05) is 5.92 Å². The zero-order valence-electron chi connectivity index (χ0n) is 5.89. The van der Waals surface area contributed by atoms with Crippen LogP contribution in [0.2, 0.25) is 0 Å². The van der Waals surface area contributed by atoms with E-state index in [1.807, 2.05) is 0 Å². The molecule has 0 bridgehead atoms. The minimum atomic E-state index is -0.386. The standard InChI is InChI=1S/C7H10O3/c1-2-3-4-7(9)10-6-5-8/h8H,4-6H2,1H3. The van der Waals surface area contributed by atoms with Crippen molar-refractivity contribution >= 4 is 5.97 Å². The first-order valence-electron chi connectivity index (χ1n) is 2.97. The molecule has 3 heteroatoms. The van der Waals surface area contributed by atoms with Gasteiger partial charge < -0.3 is 9.84 Å². The second-order valence-electron chi connectivity index (χ2n) is 1.55. The maximum atomic E-state index is 10.5. The van der Waals surface area contributed by atoms with Crippen LogP contribution in [0, 0.1) is 11.8 Å². The Morgan fingerprint density at radius 1 is 1.70 bits per heavy atom. The van der Waals surface area contributed by atoms with Gasteiger partial charge in [-0.3, -0.25) is 4.79 Å². The lowest BCUT2D eigenvalue weighted by Crippen LogP contribution is -2.06. The summed E-state index contributed by atoms with van der Waals surface area (Å²) in [4.78, 5) is 10.5. The molecule has 56 valence electrons. The quantitative estimate of drug-likeness (QED) is 0.443. The number of ether oxygens (including phenoxy) is 1. The van der Waals surface area contributed by atoms with Crippen molar-refractivity contribution in [3.63, 3.8) is 0 Å². The van der Waals surface area contributed by atoms with Gasteiger partial charge in [-0.25, -0.2) is 0 Å². The third-order valence-electron chi connectivity index (χ3n) is 0.764. The molecular formula is C7H10O3. The van der Waals surface area contributed by atoms with Crippen molar-refractivity contribution in [2.24, 2.45) is 0 Å². The van der Waals surface area contributed by atoms with Gasteiger partial charge in [-0.05, 0) is 6.92 Å². The Bertz CT molecular complexity index is 152. The van der Waals surface area contributed by atoms with Gasteiger partial charge in [0.2, 0.25) is 0 Å². The van der Waals surface area contributed by atoms with Gasteiger partial charge in [0.15, 0.2) is 0 Å². The summed E-state index contributed by atoms with van der Waals surface area (Å²) in [5.74, 6) is 4.73. The highest BCUT2D eigenvalue weighted by molar-refractivity contribution is 5.72. The van der Waals surface area contributed by atoms with Crippen LogP contribution in [0.25, 0.3) is 0 Å². The summed E-state index contributed by atoms with van der Waals surface area (Å²) >= 11 is 0. The number of aliphatic hydroxyl groups excluding tert-OH is 1. The molecule has 0 aromatic heterocycles. The fourth-order valence-electron chi connectivity index (χ4n) is 0.371. The van der Waals surface area contributed by atoms with E-state index in [2.05, 4.69) is 16.6 Å². The Morgan fingerprint density at radius 3 is 2.90 bits per heavy atom. The Morgan fingerprint density at radius 2 is 2.40 bits per heavy atom. The van der Waals surface area contributed by atoms with Crippen LogP contribution in [-0.4, -0.2) is 24.3 Å². The van der Waals surface area contributed by atoms with E-state index in [-0.39, 0.29) is 25.6 Å². The molecule has 0 atom stereocenters. The maximum Gasteiger partial charge on any atom is 0.318 e. The second kappa shape index (κ2) is 6.12. The number of carbonyl (C=O) groups is 1. The number of rotatable bonds is 3. The molecule has 0 aliphatic carbocycles. The monoisotopic (exact) mass is 142 g/mol. The highest BCUT2D eigenvalue weighted by Gasteiger charge is 1.96. The molecule has 0 amide bonds. The van der Waals surface area contributed by atoms with Gasteiger partial charge in [0, 0.05) is 0 Å². The number of carbonyl (C=O) groups excluding carboxylic acids is 1. The summed E-state index contributed by atoms with van der Waals surface area (Å²) in [6.07, 6.45) is 0.108. The molecule has 0 radical (unpaired) electrons. The van der Waals surface area contributed by atoms with Crippen molar-refractivity contribution in [2.75, 3.05) is 13.2 Å². The van der Waals surface area contributed by atoms with Gasteiger partial charge in [-0.15, -0.1) is 5.92 Å². The maximum absolute atomic E-state index is 10.5. The van der Waals surface area contributed by atoms with Gasteiger partial charge in [0.1, 0.15) is 13.0 Å². The molecule has 0 saturated heterocycles. The van der Waals surface area contributed by atoms with Crippen molar-refractivity contribution in [3.05, 3.63) is 0 Å². The van der Waals surface area contributed by atoms with Crippen LogP contribution in [0.15, 0.2) is 0 Å². The number of aliphatic hydroxyl groups is 1. The predicted octanol–water partition coefficient (Wildman–Crippen LogP) is -0.0647. The van der Waals surface area contributed by atoms with E-state index in [9.17, 15) is 4.79 Å². The fraction of sp³-hybridized carbons (Fsp3) is 0.571. The number of esters is 1. The summed E-state index contributed by atoms with van der Waals surface area (Å²) in [7, 11) is 0. The third kappa shape index (κ3) is 5.13. The minimum Gasteiger partial charge on any atom is -0.463 e. The van der Waals surface area contributed by atoms with Crippen molar-refractivity contribution in [1.29, 1.82) is 0 Å². The molecule has 0 rings (SSSR count). The topological polar surface area (TPSA) is 46.5 Å². The van der Waals surface area contributed by atoms with Gasteiger partial charge in [0.05, 0.1) is 6.61 Å². The second-order valence-corrected chi connectivity index (χ2v) is 1.55. The smallest absolute Gasteiger partial charge is 0.318 e. The van der Waals surface area contributed by atoms with E-state index in [0.717, 1.165) is 0 Å². The Hall–Kier alpha value is -1.01. The molecule has 1 N–H and O–H groups in total. The normalized spacial score (nSPS) is 7.80. The zero-order valence-corrected chi connectivity index (χ0v) is 5.89. The Balaban J connectivity index is 3.31. The van der Waals surface area contributed by atoms with Crippen LogP contribution in [-0.2, 0) is 9.53 Å². The molecular weight excluding hydrogens is 132 g/mol. The zero-order chi connectivity index (χ0) is 7.82. The van der Waals surface area contributed by atoms with Gasteiger partial charge in [-0.2, -0.15) is 0 Å². The van der Waals surface area contributed by atoms with Crippen LogP contribution >= 0.6 is 0 Å². The molecule has 0 aliphatic heterocycles. The highest BCUT2D eigenvalue weighted by Crippen LogP contribution is 1.82. The predicted molar refractivity (Wildman–Crippen MR) is 36.1 cm³/mol. The lowest BCUT2D eigenvalue weighted by atomic mass is 10.4. The first-order chi connectivity index (χ1) is 4.81. The molecule has 0 unspecified atom stereocenters. The molecule has 3 nitrogen and oxygen atoms in total. The first-order valence-corrected chi connectivity index (χ1v) is 2.97. The summed E-state index contributed by atoms with van der Waals surface area (Å²) in [5.41, 5.74) is 0. The summed E-state index contributed by atoms with van der Waals surface area (Å²) in [5, 5.41) is 8.23. The molecule has 10 heavy (non-hydrogen) atoms. The van der Waals surface area contributed by atoms with Crippen LogP contribution in [0.5, 0.6) is 0 Å². The van der Waals surface area contributed by atoms with Crippen molar-refractivity contribution < 1.29 is 14.6 Å². The Kier molecular flexibility index (Phi) is 5.50. The Labute approximate surface area is 60.0 Å². The van der Waals surface area contributed by atoms with Gasteiger partial charge >= 0.3 is 5.97 Å². The lowest BCUT2D eigenvalue weighted by Gasteiger charge is -1.96. The van der Waals surface area contributed by atoms with Crippen molar-refractivity contribution in [2.45, 2.75) is 13.3 Å². The largest absolute Gasteiger partial charge is 0.463 e. The fourth-order valence-corrected chi connectivity index (χ4v) is 0.371. The molecule has 0 spiro atoms. The van der Waals surface area contributed by atoms with Gasteiger partial charge in [0.25, 0.3) is 0 Å². The lowest BCUT2D eigenvalue weighted by molar-refractivity contribution is -0.143. The van der Waals surface area contributed by atoms with E-state index < -0.39 is 0 Å². The minimum absolute atomic E-state index is 0.0597. The summed E-state index contributed by atoms with van der Waals surface area (Å²) < 4.78 is 4.50. The van der Waals surface area contributed by atoms with Crippen LogP contribution < -0.4 is 0 Å². The molecule has 0 aliphatic rings. The van der Waals surface area contributed by atoms with Crippen LogP contribution in [0.4, 0.5) is 0 Å². The van der Waals surface area contributed by atoms with E-state index >= 15 is 0 Å². The molecule has 0 fully saturated rings. The molecule has 0 aromatic rings. The molecule has 0 heterocycles. The number of hydrogen-bond acceptors (Lipinski definition) is 3. The highest BCUT2D eigenvalue weighted by atomic mass is 16.5. The van der Waals surface area contributed by atoms with Crippen molar-refractivity contribution in [3.8, 4) is 11.8 Å². The van der Waals surface area contributed by atoms with Crippen LogP contribution in [0.1, 0.15) is 13.3 Å². The average Bonchev–Trinajstić information content (AvgIpc) is 1.97. The van der Waals surface area contributed by atoms with Crippen molar-refractivity contribution in [1.82, 2.24) is 0 Å². The van der Waals surface area contributed by atoms with E-state index in [1.54, 1.807) is 6.92 Å². The number of hydrogen-bond donors (Lipinski definition) is 1. The summed E-state index contributed by atoms with van der Waals surface area (Å²) in [6, 6.07) is 0. The average molecular weight is 142 g/mol. The van der Waals surface area contributed by atoms with Crippen LogP contribution in [0.3, 0.4) is 0 Å². The first kappa shape index (κ1) is 8.99.